The summed E-state index contributed by atoms with van der Waals surface area (Å²) in [6.45, 7) is 0.490. The number of methoxy groups -OCH3 is 1. The number of aromatic nitrogens is 3. The topological polar surface area (TPSA) is 100 Å². The van der Waals surface area contributed by atoms with Gasteiger partial charge in [0.1, 0.15) is 12.0 Å². The van der Waals surface area contributed by atoms with Gasteiger partial charge in [0, 0.05) is 30.5 Å². The highest BCUT2D eigenvalue weighted by molar-refractivity contribution is 7.13. The van der Waals surface area contributed by atoms with E-state index in [1.54, 1.807) is 13.3 Å². The highest BCUT2D eigenvalue weighted by atomic mass is 32.1. The SMILES string of the molecule is C[NH2+]/C=C(\C=N)c1cnc2ccc(Nc3nc(COC)cs3)nc2c1. The minimum absolute atomic E-state index is 0.490. The van der Waals surface area contributed by atoms with Crippen LogP contribution in [0.2, 0.25) is 0 Å². The van der Waals surface area contributed by atoms with Crippen molar-refractivity contribution in [3.05, 3.63) is 47.2 Å². The average molecular weight is 355 g/mol. The van der Waals surface area contributed by atoms with Crippen LogP contribution in [0.1, 0.15) is 11.3 Å². The monoisotopic (exact) mass is 355 g/mol. The molecule has 0 saturated heterocycles. The maximum Gasteiger partial charge on any atom is 0.188 e. The molecule has 0 amide bonds. The van der Waals surface area contributed by atoms with Gasteiger partial charge in [-0.25, -0.2) is 9.97 Å². The molecule has 3 aromatic heterocycles. The first-order valence-corrected chi connectivity index (χ1v) is 8.59. The quantitative estimate of drug-likeness (QED) is 0.564. The molecule has 0 atom stereocenters. The van der Waals surface area contributed by atoms with Gasteiger partial charge in [-0.05, 0) is 18.2 Å². The Hall–Kier alpha value is -2.68. The molecule has 4 N–H and O–H groups in total. The maximum absolute atomic E-state index is 7.55. The fourth-order valence-electron chi connectivity index (χ4n) is 2.33. The number of nitrogens with two attached hydrogens (primary N) is 1. The Morgan fingerprint density at radius 2 is 2.24 bits per heavy atom. The number of ether oxygens (including phenoxy) is 1. The lowest BCUT2D eigenvalue weighted by molar-refractivity contribution is -0.555. The Kier molecular flexibility index (Phi) is 5.44. The highest BCUT2D eigenvalue weighted by Crippen LogP contribution is 2.23. The van der Waals surface area contributed by atoms with Crippen molar-refractivity contribution in [3.63, 3.8) is 0 Å². The zero-order chi connectivity index (χ0) is 17.6. The highest BCUT2D eigenvalue weighted by Gasteiger charge is 2.07. The zero-order valence-corrected chi connectivity index (χ0v) is 14.8. The van der Waals surface area contributed by atoms with E-state index >= 15 is 0 Å². The summed E-state index contributed by atoms with van der Waals surface area (Å²) in [6.07, 6.45) is 4.96. The Labute approximate surface area is 149 Å². The lowest BCUT2D eigenvalue weighted by atomic mass is 10.1. The van der Waals surface area contributed by atoms with Crippen LogP contribution in [0.5, 0.6) is 0 Å². The number of nitrogens with zero attached hydrogens (tertiary/aromatic N) is 3. The summed E-state index contributed by atoms with van der Waals surface area (Å²) >= 11 is 1.51. The largest absolute Gasteiger partial charge is 0.378 e. The van der Waals surface area contributed by atoms with Gasteiger partial charge in [0.15, 0.2) is 5.13 Å². The molecular weight excluding hydrogens is 336 g/mol. The molecular formula is C17H19N6OS+. The van der Waals surface area contributed by atoms with Crippen LogP contribution in [0.4, 0.5) is 10.9 Å². The lowest BCUT2D eigenvalue weighted by Crippen LogP contribution is -2.72. The molecule has 0 spiro atoms. The summed E-state index contributed by atoms with van der Waals surface area (Å²) < 4.78 is 5.08. The summed E-state index contributed by atoms with van der Waals surface area (Å²) in [6, 6.07) is 5.73. The zero-order valence-electron chi connectivity index (χ0n) is 14.0. The van der Waals surface area contributed by atoms with E-state index in [4.69, 9.17) is 10.1 Å². The van der Waals surface area contributed by atoms with Crippen molar-refractivity contribution in [2.45, 2.75) is 6.61 Å². The molecule has 0 fully saturated rings. The summed E-state index contributed by atoms with van der Waals surface area (Å²) in [5.74, 6) is 0.701. The Morgan fingerprint density at radius 1 is 1.36 bits per heavy atom. The number of rotatable bonds is 7. The van der Waals surface area contributed by atoms with Crippen molar-refractivity contribution in [1.82, 2.24) is 15.0 Å². The normalized spacial score (nSPS) is 11.7. The third-order valence-electron chi connectivity index (χ3n) is 3.45. The van der Waals surface area contributed by atoms with E-state index in [1.807, 2.05) is 42.1 Å². The van der Waals surface area contributed by atoms with E-state index in [1.165, 1.54) is 17.6 Å². The van der Waals surface area contributed by atoms with Gasteiger partial charge in [0.25, 0.3) is 0 Å². The first kappa shape index (κ1) is 17.2. The van der Waals surface area contributed by atoms with E-state index in [2.05, 4.69) is 20.3 Å². The van der Waals surface area contributed by atoms with Crippen molar-refractivity contribution < 1.29 is 10.1 Å². The molecule has 0 saturated carbocycles. The van der Waals surface area contributed by atoms with Gasteiger partial charge in [0.2, 0.25) is 0 Å². The van der Waals surface area contributed by atoms with Gasteiger partial charge < -0.3 is 20.8 Å². The van der Waals surface area contributed by atoms with Gasteiger partial charge in [-0.15, -0.1) is 11.3 Å². The standard InChI is InChI=1S/C17H18N6OS/c1-19-7-12(6-18)11-5-15-14(20-8-11)3-4-16(22-15)23-17-21-13(9-24-2)10-25-17/h3-8,10,18-19H,9H2,1-2H3,(H,21,22,23)/p+1/b12-7+,18-6?. The molecule has 0 aliphatic rings. The number of hydrogen-bond donors (Lipinski definition) is 3. The summed E-state index contributed by atoms with van der Waals surface area (Å²) in [7, 11) is 3.57. The first-order chi connectivity index (χ1) is 12.2. The molecule has 8 heteroatoms. The van der Waals surface area contributed by atoms with Crippen LogP contribution in [0.15, 0.2) is 36.0 Å². The minimum Gasteiger partial charge on any atom is -0.378 e. The van der Waals surface area contributed by atoms with Gasteiger partial charge in [-0.2, -0.15) is 0 Å². The second-order valence-electron chi connectivity index (χ2n) is 5.26. The van der Waals surface area contributed by atoms with Gasteiger partial charge in [-0.1, -0.05) is 0 Å². The van der Waals surface area contributed by atoms with Crippen LogP contribution in [0, 0.1) is 5.41 Å². The number of hydrogen-bond acceptors (Lipinski definition) is 7. The van der Waals surface area contributed by atoms with E-state index in [0.717, 1.165) is 33.0 Å². The Morgan fingerprint density at radius 3 is 3.00 bits per heavy atom. The molecule has 0 bridgehead atoms. The third kappa shape index (κ3) is 4.05. The number of nitrogens with one attached hydrogen (secondary N) is 2. The molecule has 0 radical (unpaired) electrons. The van der Waals surface area contributed by atoms with Gasteiger partial charge in [0.05, 0.1) is 36.0 Å². The van der Waals surface area contributed by atoms with Crippen LogP contribution in [-0.2, 0) is 11.3 Å². The second-order valence-corrected chi connectivity index (χ2v) is 6.12. The van der Waals surface area contributed by atoms with Crippen molar-refractivity contribution in [1.29, 1.82) is 5.41 Å². The first-order valence-electron chi connectivity index (χ1n) is 7.71. The fourth-order valence-corrected chi connectivity index (χ4v) is 3.03. The number of anilines is 2. The number of pyridine rings is 2. The molecule has 0 unspecified atom stereocenters. The second kappa shape index (κ2) is 7.93. The molecule has 25 heavy (non-hydrogen) atoms. The molecule has 3 rings (SSSR count). The van der Waals surface area contributed by atoms with Crippen LogP contribution >= 0.6 is 11.3 Å². The fraction of sp³-hybridized carbons (Fsp3) is 0.176. The van der Waals surface area contributed by atoms with Crippen LogP contribution in [-0.4, -0.2) is 35.3 Å². The van der Waals surface area contributed by atoms with E-state index < -0.39 is 0 Å². The number of fused-ring (bicyclic) bond motifs is 1. The van der Waals surface area contributed by atoms with Crippen molar-refractivity contribution in [2.24, 2.45) is 0 Å². The molecule has 128 valence electrons. The number of allylic oxidation sites excluding steroid dienone is 1. The van der Waals surface area contributed by atoms with Crippen LogP contribution in [0.25, 0.3) is 16.6 Å². The third-order valence-corrected chi connectivity index (χ3v) is 4.26. The molecule has 0 aromatic carbocycles. The average Bonchev–Trinajstić information content (AvgIpc) is 3.06. The predicted octanol–water partition coefficient (Wildman–Crippen LogP) is 2.16. The maximum atomic E-state index is 7.55. The smallest absolute Gasteiger partial charge is 0.188 e. The lowest BCUT2D eigenvalue weighted by Gasteiger charge is -2.05. The summed E-state index contributed by atoms with van der Waals surface area (Å²) in [4.78, 5) is 13.5. The number of quaternary nitrogens is 1. The van der Waals surface area contributed by atoms with Crippen molar-refractivity contribution >= 4 is 45.1 Å². The van der Waals surface area contributed by atoms with Gasteiger partial charge >= 0.3 is 0 Å². The van der Waals surface area contributed by atoms with Crippen LogP contribution in [0.3, 0.4) is 0 Å². The molecule has 3 aromatic rings. The Balaban J connectivity index is 1.89. The minimum atomic E-state index is 0.490. The molecule has 0 aliphatic heterocycles. The van der Waals surface area contributed by atoms with E-state index in [-0.39, 0.29) is 0 Å². The molecule has 7 nitrogen and oxygen atoms in total. The molecule has 3 heterocycles. The summed E-state index contributed by atoms with van der Waals surface area (Å²) in [5, 5.41) is 15.4. The summed E-state index contributed by atoms with van der Waals surface area (Å²) in [5.41, 5.74) is 4.11. The Bertz CT molecular complexity index is 920. The van der Waals surface area contributed by atoms with E-state index in [0.29, 0.717) is 12.4 Å². The van der Waals surface area contributed by atoms with Crippen molar-refractivity contribution in [3.8, 4) is 0 Å². The van der Waals surface area contributed by atoms with Crippen molar-refractivity contribution in [2.75, 3.05) is 19.5 Å². The van der Waals surface area contributed by atoms with Gasteiger partial charge in [-0.3, -0.25) is 4.98 Å². The predicted molar refractivity (Wildman–Crippen MR) is 100 cm³/mol. The van der Waals surface area contributed by atoms with E-state index in [9.17, 15) is 0 Å². The van der Waals surface area contributed by atoms with Crippen LogP contribution < -0.4 is 10.6 Å². The number of thiazole rings is 1. The molecule has 0 aliphatic carbocycles.